The van der Waals surface area contributed by atoms with Gasteiger partial charge >= 0.3 is 5.97 Å². The van der Waals surface area contributed by atoms with Crippen LogP contribution in [0.15, 0.2) is 39.6 Å². The molecule has 0 saturated heterocycles. The summed E-state index contributed by atoms with van der Waals surface area (Å²) in [5, 5.41) is 19.2. The van der Waals surface area contributed by atoms with Crippen molar-refractivity contribution < 1.29 is 14.7 Å². The van der Waals surface area contributed by atoms with Gasteiger partial charge in [-0.1, -0.05) is 41.3 Å². The van der Waals surface area contributed by atoms with E-state index in [1.807, 2.05) is 30.3 Å². The maximum Gasteiger partial charge on any atom is 0.313 e. The monoisotopic (exact) mass is 341 g/mol. The molecular formula is C12H11N3O3S3. The molecule has 0 spiro atoms. The van der Waals surface area contributed by atoms with Crippen LogP contribution in [0.4, 0.5) is 5.13 Å². The van der Waals surface area contributed by atoms with Crippen LogP contribution in [-0.4, -0.2) is 38.7 Å². The van der Waals surface area contributed by atoms with Gasteiger partial charge in [-0.3, -0.25) is 14.9 Å². The van der Waals surface area contributed by atoms with E-state index in [4.69, 9.17) is 5.11 Å². The molecule has 9 heteroatoms. The molecule has 1 amide bonds. The van der Waals surface area contributed by atoms with Gasteiger partial charge in [-0.15, -0.1) is 22.0 Å². The summed E-state index contributed by atoms with van der Waals surface area (Å²) >= 11 is 3.67. The van der Waals surface area contributed by atoms with Crippen LogP contribution < -0.4 is 5.32 Å². The number of hydrogen-bond donors (Lipinski definition) is 2. The average Bonchev–Trinajstić information content (AvgIpc) is 2.91. The van der Waals surface area contributed by atoms with E-state index in [1.54, 1.807) is 0 Å². The summed E-state index contributed by atoms with van der Waals surface area (Å²) in [6.07, 6.45) is 0. The van der Waals surface area contributed by atoms with Gasteiger partial charge in [-0.2, -0.15) is 0 Å². The molecule has 2 rings (SSSR count). The van der Waals surface area contributed by atoms with Crippen LogP contribution in [0.1, 0.15) is 0 Å². The lowest BCUT2D eigenvalue weighted by Gasteiger charge is -2.01. The lowest BCUT2D eigenvalue weighted by Crippen LogP contribution is -2.13. The fraction of sp³-hybridized carbons (Fsp3) is 0.167. The van der Waals surface area contributed by atoms with Crippen molar-refractivity contribution in [2.45, 2.75) is 9.24 Å². The highest BCUT2D eigenvalue weighted by Crippen LogP contribution is 2.25. The second-order valence-corrected chi connectivity index (χ2v) is 6.95. The van der Waals surface area contributed by atoms with Crippen LogP contribution in [0.2, 0.25) is 0 Å². The summed E-state index contributed by atoms with van der Waals surface area (Å²) in [5.41, 5.74) is 0. The first-order valence-electron chi connectivity index (χ1n) is 5.79. The molecule has 0 aliphatic carbocycles. The first kappa shape index (κ1) is 15.8. The molecule has 0 unspecified atom stereocenters. The molecule has 0 aliphatic heterocycles. The zero-order valence-electron chi connectivity index (χ0n) is 10.7. The summed E-state index contributed by atoms with van der Waals surface area (Å²) in [5.74, 6) is -0.886. The first-order chi connectivity index (χ1) is 10.1. The lowest BCUT2D eigenvalue weighted by molar-refractivity contribution is -0.133. The Morgan fingerprint density at radius 2 is 1.90 bits per heavy atom. The third kappa shape index (κ3) is 5.74. The van der Waals surface area contributed by atoms with Crippen molar-refractivity contribution in [2.75, 3.05) is 16.8 Å². The number of nitrogens with one attached hydrogen (secondary N) is 1. The van der Waals surface area contributed by atoms with Crippen molar-refractivity contribution in [1.82, 2.24) is 10.2 Å². The zero-order chi connectivity index (χ0) is 15.1. The van der Waals surface area contributed by atoms with Gasteiger partial charge in [0.2, 0.25) is 11.0 Å². The van der Waals surface area contributed by atoms with E-state index >= 15 is 0 Å². The summed E-state index contributed by atoms with van der Waals surface area (Å²) in [7, 11) is 0. The van der Waals surface area contributed by atoms with Crippen LogP contribution in [0.25, 0.3) is 0 Å². The Bertz CT molecular complexity index is 618. The van der Waals surface area contributed by atoms with Crippen LogP contribution >= 0.6 is 34.9 Å². The van der Waals surface area contributed by atoms with E-state index in [1.165, 1.54) is 11.8 Å². The minimum atomic E-state index is -0.917. The largest absolute Gasteiger partial charge is 0.481 e. The number of carbonyl (C=O) groups is 2. The molecule has 0 atom stereocenters. The molecule has 0 bridgehead atoms. The predicted molar refractivity (Wildman–Crippen MR) is 84.1 cm³/mol. The van der Waals surface area contributed by atoms with E-state index in [0.29, 0.717) is 9.47 Å². The Kier molecular flexibility index (Phi) is 6.03. The zero-order valence-corrected chi connectivity index (χ0v) is 13.1. The van der Waals surface area contributed by atoms with Crippen molar-refractivity contribution in [1.29, 1.82) is 0 Å². The Labute approximate surface area is 133 Å². The van der Waals surface area contributed by atoms with Crippen LogP contribution in [-0.2, 0) is 9.59 Å². The van der Waals surface area contributed by atoms with Gasteiger partial charge in [-0.05, 0) is 12.1 Å². The number of amides is 1. The molecule has 0 radical (unpaired) electrons. The molecule has 1 heterocycles. The minimum Gasteiger partial charge on any atom is -0.481 e. The molecule has 0 saturated carbocycles. The average molecular weight is 341 g/mol. The highest BCUT2D eigenvalue weighted by Gasteiger charge is 2.10. The number of carbonyl (C=O) groups excluding carboxylic acids is 1. The SMILES string of the molecule is O=C(O)CSc1nnc(NC(=O)CSc2ccccc2)s1. The van der Waals surface area contributed by atoms with Crippen molar-refractivity contribution in [3.05, 3.63) is 30.3 Å². The lowest BCUT2D eigenvalue weighted by atomic mass is 10.4. The van der Waals surface area contributed by atoms with Gasteiger partial charge < -0.3 is 5.11 Å². The molecule has 2 aromatic rings. The highest BCUT2D eigenvalue weighted by atomic mass is 32.2. The number of carboxylic acids is 1. The van der Waals surface area contributed by atoms with Crippen molar-refractivity contribution in [3.8, 4) is 0 Å². The van der Waals surface area contributed by atoms with Gasteiger partial charge in [0.05, 0.1) is 11.5 Å². The minimum absolute atomic E-state index is 0.0769. The molecule has 1 aromatic carbocycles. The molecule has 21 heavy (non-hydrogen) atoms. The van der Waals surface area contributed by atoms with Gasteiger partial charge in [0, 0.05) is 4.90 Å². The summed E-state index contributed by atoms with van der Waals surface area (Å²) in [6.45, 7) is 0. The van der Waals surface area contributed by atoms with E-state index in [0.717, 1.165) is 28.0 Å². The Morgan fingerprint density at radius 3 is 2.62 bits per heavy atom. The molecular weight excluding hydrogens is 330 g/mol. The van der Waals surface area contributed by atoms with E-state index in [9.17, 15) is 9.59 Å². The Balaban J connectivity index is 1.78. The summed E-state index contributed by atoms with van der Waals surface area (Å²) < 4.78 is 0.517. The highest BCUT2D eigenvalue weighted by molar-refractivity contribution is 8.01. The van der Waals surface area contributed by atoms with E-state index < -0.39 is 5.97 Å². The quantitative estimate of drug-likeness (QED) is 0.590. The third-order valence-corrected chi connectivity index (χ3v) is 5.05. The maximum absolute atomic E-state index is 11.8. The van der Waals surface area contributed by atoms with Crippen LogP contribution in [0, 0.1) is 0 Å². The molecule has 0 fully saturated rings. The van der Waals surface area contributed by atoms with Crippen LogP contribution in [0.5, 0.6) is 0 Å². The van der Waals surface area contributed by atoms with E-state index in [2.05, 4.69) is 15.5 Å². The molecule has 1 aromatic heterocycles. The molecule has 6 nitrogen and oxygen atoms in total. The smallest absolute Gasteiger partial charge is 0.313 e. The second kappa shape index (κ2) is 8.01. The number of aliphatic carboxylic acids is 1. The molecule has 110 valence electrons. The fourth-order valence-electron chi connectivity index (χ4n) is 1.26. The maximum atomic E-state index is 11.8. The summed E-state index contributed by atoms with van der Waals surface area (Å²) in [4.78, 5) is 23.2. The molecule has 2 N–H and O–H groups in total. The Morgan fingerprint density at radius 1 is 1.14 bits per heavy atom. The number of hydrogen-bond acceptors (Lipinski definition) is 7. The van der Waals surface area contributed by atoms with Gasteiger partial charge in [-0.25, -0.2) is 0 Å². The van der Waals surface area contributed by atoms with Crippen molar-refractivity contribution in [3.63, 3.8) is 0 Å². The number of anilines is 1. The molecule has 0 aliphatic rings. The Hall–Kier alpha value is -1.58. The topological polar surface area (TPSA) is 92.2 Å². The van der Waals surface area contributed by atoms with Gasteiger partial charge in [0.25, 0.3) is 0 Å². The number of benzene rings is 1. The predicted octanol–water partition coefficient (Wildman–Crippen LogP) is 2.45. The van der Waals surface area contributed by atoms with Crippen LogP contribution in [0.3, 0.4) is 0 Å². The number of rotatable bonds is 7. The van der Waals surface area contributed by atoms with Gasteiger partial charge in [0.15, 0.2) is 4.34 Å². The fourth-order valence-corrected chi connectivity index (χ4v) is 3.47. The number of nitrogens with zero attached hydrogens (tertiary/aromatic N) is 2. The normalized spacial score (nSPS) is 10.3. The van der Waals surface area contributed by atoms with Crippen molar-refractivity contribution >= 4 is 51.9 Å². The first-order valence-corrected chi connectivity index (χ1v) is 8.58. The number of carboxylic acid groups (broad SMARTS) is 1. The van der Waals surface area contributed by atoms with E-state index in [-0.39, 0.29) is 17.4 Å². The third-order valence-electron chi connectivity index (χ3n) is 2.09. The summed E-state index contributed by atoms with van der Waals surface area (Å²) in [6, 6.07) is 9.61. The second-order valence-electron chi connectivity index (χ2n) is 3.71. The number of aromatic nitrogens is 2. The number of thioether (sulfide) groups is 2. The van der Waals surface area contributed by atoms with Crippen molar-refractivity contribution in [2.24, 2.45) is 0 Å². The standard InChI is InChI=1S/C12H11N3O3S3/c16-9(6-19-8-4-2-1-3-5-8)13-11-14-15-12(21-11)20-7-10(17)18/h1-5H,6-7H2,(H,17,18)(H,13,14,16). The van der Waals surface area contributed by atoms with Gasteiger partial charge in [0.1, 0.15) is 0 Å².